The maximum Gasteiger partial charge on any atom is 0.124 e. The van der Waals surface area contributed by atoms with Gasteiger partial charge in [-0.2, -0.15) is 0 Å². The van der Waals surface area contributed by atoms with Gasteiger partial charge in [0.25, 0.3) is 0 Å². The van der Waals surface area contributed by atoms with Crippen LogP contribution in [0.3, 0.4) is 0 Å². The molecular weight excluding hydrogens is 522 g/mol. The van der Waals surface area contributed by atoms with Crippen LogP contribution in [0.25, 0.3) is 0 Å². The first-order valence-electron chi connectivity index (χ1n) is 16.0. The molecule has 0 spiro atoms. The monoisotopic (exact) mass is 575 g/mol. The van der Waals surface area contributed by atoms with E-state index < -0.39 is 0 Å². The molecule has 1 atom stereocenters. The van der Waals surface area contributed by atoms with Crippen molar-refractivity contribution in [1.82, 2.24) is 0 Å². The first-order chi connectivity index (χ1) is 20.2. The van der Waals surface area contributed by atoms with Gasteiger partial charge in [-0.15, -0.1) is 0 Å². The Morgan fingerprint density at radius 3 is 1.58 bits per heavy atom. The Labute approximate surface area is 261 Å². The molecule has 0 aliphatic rings. The summed E-state index contributed by atoms with van der Waals surface area (Å²) in [6, 6.07) is 33.6. The largest absolute Gasteiger partial charge is 0.507 e. The molecule has 4 aromatic carbocycles. The normalized spacial score (nSPS) is 12.9. The van der Waals surface area contributed by atoms with Crippen LogP contribution < -0.4 is 4.90 Å². The summed E-state index contributed by atoms with van der Waals surface area (Å²) in [5, 5.41) is 11.6. The first-order valence-corrected chi connectivity index (χ1v) is 16.0. The molecule has 1 unspecified atom stereocenters. The van der Waals surface area contributed by atoms with Crippen LogP contribution in [0, 0.1) is 5.92 Å². The molecular formula is C41H53NO. The zero-order valence-corrected chi connectivity index (χ0v) is 28.0. The van der Waals surface area contributed by atoms with Gasteiger partial charge in [-0.3, -0.25) is 0 Å². The summed E-state index contributed by atoms with van der Waals surface area (Å²) in [7, 11) is 0. The third kappa shape index (κ3) is 8.75. The van der Waals surface area contributed by atoms with Crippen LogP contribution in [0.1, 0.15) is 108 Å². The third-order valence-corrected chi connectivity index (χ3v) is 8.50. The van der Waals surface area contributed by atoms with E-state index in [1.54, 1.807) is 0 Å². The summed E-state index contributed by atoms with van der Waals surface area (Å²) >= 11 is 0. The zero-order chi connectivity index (χ0) is 31.4. The molecule has 1 N–H and O–H groups in total. The van der Waals surface area contributed by atoms with Crippen LogP contribution in [0.5, 0.6) is 5.75 Å². The van der Waals surface area contributed by atoms with Crippen molar-refractivity contribution in [3.63, 3.8) is 0 Å². The number of anilines is 1. The number of aromatic hydroxyl groups is 1. The molecule has 0 saturated carbocycles. The smallest absolute Gasteiger partial charge is 0.124 e. The van der Waals surface area contributed by atoms with E-state index in [1.165, 1.54) is 33.5 Å². The van der Waals surface area contributed by atoms with Gasteiger partial charge in [0.05, 0.1) is 0 Å². The second-order valence-electron chi connectivity index (χ2n) is 15.0. The van der Waals surface area contributed by atoms with Gasteiger partial charge in [-0.25, -0.2) is 0 Å². The van der Waals surface area contributed by atoms with E-state index in [2.05, 4.69) is 158 Å². The predicted molar refractivity (Wildman–Crippen MR) is 186 cm³/mol. The first kappa shape index (κ1) is 32.4. The van der Waals surface area contributed by atoms with Gasteiger partial charge < -0.3 is 10.0 Å². The molecule has 0 amide bonds. The number of nitrogens with zero attached hydrogens (tertiary/aromatic N) is 1. The number of phenols is 1. The van der Waals surface area contributed by atoms with Crippen molar-refractivity contribution in [2.24, 2.45) is 5.92 Å². The average Bonchev–Trinajstić information content (AvgIpc) is 2.93. The molecule has 0 bridgehead atoms. The highest BCUT2D eigenvalue weighted by Gasteiger charge is 2.27. The van der Waals surface area contributed by atoms with E-state index in [-0.39, 0.29) is 10.8 Å². The highest BCUT2D eigenvalue weighted by molar-refractivity contribution is 5.54. The molecule has 0 fully saturated rings. The highest BCUT2D eigenvalue weighted by Crippen LogP contribution is 2.39. The SMILES string of the molecule is CC(C)CC(C)N(Cc1cc(C(C)(C)C)cc(C(C)(C)C)c1O)c1ccc(Cc2ccc(Cc3ccccc3)cc2)cc1. The van der Waals surface area contributed by atoms with Crippen molar-refractivity contribution in [2.45, 2.75) is 105 Å². The highest BCUT2D eigenvalue weighted by atomic mass is 16.3. The lowest BCUT2D eigenvalue weighted by Crippen LogP contribution is -2.34. The van der Waals surface area contributed by atoms with Crippen LogP contribution in [0.15, 0.2) is 91.0 Å². The summed E-state index contributed by atoms with van der Waals surface area (Å²) in [4.78, 5) is 2.48. The molecule has 228 valence electrons. The Hall–Kier alpha value is -3.52. The summed E-state index contributed by atoms with van der Waals surface area (Å²) < 4.78 is 0. The molecule has 2 heteroatoms. The Balaban J connectivity index is 1.58. The van der Waals surface area contributed by atoms with E-state index in [4.69, 9.17) is 0 Å². The van der Waals surface area contributed by atoms with E-state index in [9.17, 15) is 5.11 Å². The van der Waals surface area contributed by atoms with Crippen LogP contribution in [-0.2, 0) is 30.2 Å². The van der Waals surface area contributed by atoms with Crippen LogP contribution in [-0.4, -0.2) is 11.1 Å². The molecule has 4 rings (SSSR count). The van der Waals surface area contributed by atoms with Crippen molar-refractivity contribution in [3.8, 4) is 5.75 Å². The second-order valence-corrected chi connectivity index (χ2v) is 15.0. The van der Waals surface area contributed by atoms with E-state index in [0.717, 1.165) is 30.4 Å². The van der Waals surface area contributed by atoms with Gasteiger partial charge in [-0.1, -0.05) is 128 Å². The summed E-state index contributed by atoms with van der Waals surface area (Å²) in [6.07, 6.45) is 2.96. The molecule has 0 heterocycles. The van der Waals surface area contributed by atoms with Crippen molar-refractivity contribution in [1.29, 1.82) is 0 Å². The number of phenolic OH excluding ortho intramolecular Hbond substituents is 1. The lowest BCUT2D eigenvalue weighted by molar-refractivity contribution is 0.432. The Bertz CT molecular complexity index is 1450. The van der Waals surface area contributed by atoms with Crippen molar-refractivity contribution >= 4 is 5.69 Å². The molecule has 0 aliphatic heterocycles. The standard InChI is InChI=1S/C41H53NO/c1-29(2)23-30(3)42(28-35-26-36(40(4,5)6)27-38(39(35)43)41(7,8)9)37-21-19-34(20-22-37)25-33-17-15-32(16-18-33)24-31-13-11-10-12-14-31/h10-22,26-27,29-30,43H,23-25,28H2,1-9H3. The quantitative estimate of drug-likeness (QED) is 0.203. The minimum absolute atomic E-state index is 0.00176. The Morgan fingerprint density at radius 1 is 0.628 bits per heavy atom. The van der Waals surface area contributed by atoms with Gasteiger partial charge in [0.15, 0.2) is 0 Å². The predicted octanol–water partition coefficient (Wildman–Crippen LogP) is 10.6. The van der Waals surface area contributed by atoms with Crippen LogP contribution in [0.4, 0.5) is 5.69 Å². The molecule has 0 radical (unpaired) electrons. The van der Waals surface area contributed by atoms with Gasteiger partial charge in [0.1, 0.15) is 5.75 Å². The fraction of sp³-hybridized carbons (Fsp3) is 0.415. The molecule has 2 nitrogen and oxygen atoms in total. The lowest BCUT2D eigenvalue weighted by Gasteiger charge is -2.34. The number of benzene rings is 4. The van der Waals surface area contributed by atoms with Gasteiger partial charge in [0, 0.05) is 23.8 Å². The molecule has 0 aromatic heterocycles. The number of hydrogen-bond donors (Lipinski definition) is 1. The van der Waals surface area contributed by atoms with Crippen molar-refractivity contribution in [3.05, 3.63) is 130 Å². The Morgan fingerprint density at radius 2 is 1.12 bits per heavy atom. The fourth-order valence-electron chi connectivity index (χ4n) is 5.96. The van der Waals surface area contributed by atoms with Crippen molar-refractivity contribution in [2.75, 3.05) is 4.90 Å². The number of hydrogen-bond acceptors (Lipinski definition) is 2. The molecule has 0 aliphatic carbocycles. The third-order valence-electron chi connectivity index (χ3n) is 8.50. The molecule has 43 heavy (non-hydrogen) atoms. The second kappa shape index (κ2) is 13.4. The van der Waals surface area contributed by atoms with Gasteiger partial charge in [-0.05, 0) is 94.5 Å². The fourth-order valence-corrected chi connectivity index (χ4v) is 5.96. The summed E-state index contributed by atoms with van der Waals surface area (Å²) in [5.41, 5.74) is 9.68. The molecule has 0 saturated heterocycles. The van der Waals surface area contributed by atoms with E-state index in [1.807, 2.05) is 0 Å². The van der Waals surface area contributed by atoms with E-state index in [0.29, 0.717) is 24.3 Å². The lowest BCUT2D eigenvalue weighted by atomic mass is 9.79. The van der Waals surface area contributed by atoms with Crippen molar-refractivity contribution < 1.29 is 5.11 Å². The molecule has 4 aromatic rings. The van der Waals surface area contributed by atoms with Crippen LogP contribution in [0.2, 0.25) is 0 Å². The topological polar surface area (TPSA) is 23.5 Å². The van der Waals surface area contributed by atoms with Gasteiger partial charge >= 0.3 is 0 Å². The minimum atomic E-state index is -0.143. The Kier molecular flexibility index (Phi) is 10.1. The minimum Gasteiger partial charge on any atom is -0.507 e. The summed E-state index contributed by atoms with van der Waals surface area (Å²) in [6.45, 7) is 20.9. The number of rotatable bonds is 10. The summed E-state index contributed by atoms with van der Waals surface area (Å²) in [5.74, 6) is 1.02. The maximum absolute atomic E-state index is 11.6. The van der Waals surface area contributed by atoms with Crippen LogP contribution >= 0.6 is 0 Å². The van der Waals surface area contributed by atoms with Gasteiger partial charge in [0.2, 0.25) is 0 Å². The maximum atomic E-state index is 11.6. The average molecular weight is 576 g/mol. The van der Waals surface area contributed by atoms with E-state index >= 15 is 0 Å². The zero-order valence-electron chi connectivity index (χ0n) is 28.0.